The van der Waals surface area contributed by atoms with E-state index in [4.69, 9.17) is 0 Å². The molecule has 82 valence electrons. The van der Waals surface area contributed by atoms with Crippen molar-refractivity contribution >= 4 is 5.78 Å². The number of hydrogen-bond donors (Lipinski definition) is 0. The van der Waals surface area contributed by atoms with Gasteiger partial charge in [-0.25, -0.2) is 0 Å². The van der Waals surface area contributed by atoms with Crippen molar-refractivity contribution in [1.29, 1.82) is 0 Å². The third kappa shape index (κ3) is 3.41. The van der Waals surface area contributed by atoms with Gasteiger partial charge in [0.05, 0.1) is 0 Å². The molecule has 0 aromatic heterocycles. The summed E-state index contributed by atoms with van der Waals surface area (Å²) in [6, 6.07) is 0. The fourth-order valence-electron chi connectivity index (χ4n) is 2.03. The topological polar surface area (TPSA) is 20.3 Å². The van der Waals surface area contributed by atoms with Crippen LogP contribution in [0.4, 0.5) is 0 Å². The first kappa shape index (κ1) is 11.7. The fourth-order valence-corrected chi connectivity index (χ4v) is 2.03. The predicted octanol–water partition coefficient (Wildman–Crippen LogP) is 2.33. The summed E-state index contributed by atoms with van der Waals surface area (Å²) in [5.41, 5.74) is 0. The highest BCUT2D eigenvalue weighted by molar-refractivity contribution is 5.80. The Hall–Kier alpha value is -0.370. The minimum Gasteiger partial charge on any atom is -0.304 e. The molecule has 0 amide bonds. The van der Waals surface area contributed by atoms with E-state index in [1.165, 1.54) is 25.9 Å². The van der Waals surface area contributed by atoms with Gasteiger partial charge < -0.3 is 4.90 Å². The quantitative estimate of drug-likeness (QED) is 0.689. The van der Waals surface area contributed by atoms with Gasteiger partial charge in [0.15, 0.2) is 0 Å². The van der Waals surface area contributed by atoms with Crippen LogP contribution in [0.1, 0.15) is 40.0 Å². The van der Waals surface area contributed by atoms with Crippen LogP contribution >= 0.6 is 0 Å². The molecule has 0 aliphatic carbocycles. The number of ketones is 1. The molecule has 0 unspecified atom stereocenters. The highest BCUT2D eigenvalue weighted by atomic mass is 16.1. The standard InChI is InChI=1S/C12H23NO/c1-4-13-7-5-11(6-8-13)9-12(14)10(2)3/h10-11H,4-9H2,1-3H3. The zero-order valence-corrected chi connectivity index (χ0v) is 9.75. The Morgan fingerprint density at radius 3 is 2.36 bits per heavy atom. The maximum Gasteiger partial charge on any atom is 0.135 e. The lowest BCUT2D eigenvalue weighted by atomic mass is 9.89. The normalized spacial score (nSPS) is 20.3. The molecule has 0 spiro atoms. The molecule has 1 saturated heterocycles. The lowest BCUT2D eigenvalue weighted by Gasteiger charge is -2.30. The van der Waals surface area contributed by atoms with Gasteiger partial charge in [0.2, 0.25) is 0 Å². The van der Waals surface area contributed by atoms with Gasteiger partial charge >= 0.3 is 0 Å². The Morgan fingerprint density at radius 2 is 1.93 bits per heavy atom. The van der Waals surface area contributed by atoms with Crippen molar-refractivity contribution in [3.8, 4) is 0 Å². The summed E-state index contributed by atoms with van der Waals surface area (Å²) in [4.78, 5) is 14.0. The van der Waals surface area contributed by atoms with Gasteiger partial charge in [-0.1, -0.05) is 20.8 Å². The van der Waals surface area contributed by atoms with Crippen LogP contribution in [0, 0.1) is 11.8 Å². The number of piperidine rings is 1. The molecule has 2 heteroatoms. The summed E-state index contributed by atoms with van der Waals surface area (Å²) in [7, 11) is 0. The monoisotopic (exact) mass is 197 g/mol. The van der Waals surface area contributed by atoms with Crippen LogP contribution in [0.15, 0.2) is 0 Å². The van der Waals surface area contributed by atoms with E-state index in [-0.39, 0.29) is 5.92 Å². The molecule has 1 rings (SSSR count). The minimum atomic E-state index is 0.221. The third-order valence-electron chi connectivity index (χ3n) is 3.29. The third-order valence-corrected chi connectivity index (χ3v) is 3.29. The van der Waals surface area contributed by atoms with E-state index < -0.39 is 0 Å². The first-order valence-electron chi connectivity index (χ1n) is 5.88. The van der Waals surface area contributed by atoms with Crippen molar-refractivity contribution in [3.05, 3.63) is 0 Å². The molecule has 1 heterocycles. The van der Waals surface area contributed by atoms with Crippen molar-refractivity contribution in [2.24, 2.45) is 11.8 Å². The molecule has 0 saturated carbocycles. The Balaban J connectivity index is 2.25. The first-order chi connectivity index (χ1) is 6.63. The molecule has 0 aromatic rings. The van der Waals surface area contributed by atoms with E-state index in [0.29, 0.717) is 11.7 Å². The number of nitrogens with zero attached hydrogens (tertiary/aromatic N) is 1. The molecule has 0 radical (unpaired) electrons. The smallest absolute Gasteiger partial charge is 0.135 e. The SMILES string of the molecule is CCN1CCC(CC(=O)C(C)C)CC1. The fraction of sp³-hybridized carbons (Fsp3) is 0.917. The van der Waals surface area contributed by atoms with Crippen LogP contribution < -0.4 is 0 Å². The van der Waals surface area contributed by atoms with Gasteiger partial charge in [-0.15, -0.1) is 0 Å². The van der Waals surface area contributed by atoms with Gasteiger partial charge in [0, 0.05) is 12.3 Å². The van der Waals surface area contributed by atoms with E-state index >= 15 is 0 Å². The number of likely N-dealkylation sites (tertiary alicyclic amines) is 1. The number of hydrogen-bond acceptors (Lipinski definition) is 2. The van der Waals surface area contributed by atoms with Crippen LogP contribution in [-0.4, -0.2) is 30.3 Å². The summed E-state index contributed by atoms with van der Waals surface area (Å²) < 4.78 is 0. The second kappa shape index (κ2) is 5.50. The Bertz CT molecular complexity index is 181. The molecule has 2 nitrogen and oxygen atoms in total. The maximum absolute atomic E-state index is 11.5. The van der Waals surface area contributed by atoms with Crippen molar-refractivity contribution in [1.82, 2.24) is 4.90 Å². The van der Waals surface area contributed by atoms with Gasteiger partial charge in [0.25, 0.3) is 0 Å². The number of Topliss-reactive ketones (excluding diaryl/α,β-unsaturated/α-hetero) is 1. The predicted molar refractivity (Wildman–Crippen MR) is 59.3 cm³/mol. The molecule has 14 heavy (non-hydrogen) atoms. The van der Waals surface area contributed by atoms with E-state index in [0.717, 1.165) is 13.0 Å². The van der Waals surface area contributed by atoms with Crippen LogP contribution in [-0.2, 0) is 4.79 Å². The summed E-state index contributed by atoms with van der Waals surface area (Å²) in [6.07, 6.45) is 3.24. The lowest BCUT2D eigenvalue weighted by molar-refractivity contribution is -0.123. The molecular formula is C12H23NO. The summed E-state index contributed by atoms with van der Waals surface area (Å²) in [5.74, 6) is 1.33. The van der Waals surface area contributed by atoms with Gasteiger partial charge in [0.1, 0.15) is 5.78 Å². The van der Waals surface area contributed by atoms with Crippen LogP contribution in [0.2, 0.25) is 0 Å². The Morgan fingerprint density at radius 1 is 1.36 bits per heavy atom. The summed E-state index contributed by atoms with van der Waals surface area (Å²) >= 11 is 0. The van der Waals surface area contributed by atoms with Crippen molar-refractivity contribution < 1.29 is 4.79 Å². The molecule has 1 aliphatic heterocycles. The average molecular weight is 197 g/mol. The molecule has 0 N–H and O–H groups in total. The Labute approximate surface area is 87.7 Å². The second-order valence-electron chi connectivity index (χ2n) is 4.70. The molecular weight excluding hydrogens is 174 g/mol. The zero-order chi connectivity index (χ0) is 10.6. The van der Waals surface area contributed by atoms with E-state index in [1.54, 1.807) is 0 Å². The minimum absolute atomic E-state index is 0.221. The van der Waals surface area contributed by atoms with Gasteiger partial charge in [-0.3, -0.25) is 4.79 Å². The average Bonchev–Trinajstić information content (AvgIpc) is 2.19. The molecule has 0 aromatic carbocycles. The van der Waals surface area contributed by atoms with Gasteiger partial charge in [-0.05, 0) is 38.4 Å². The van der Waals surface area contributed by atoms with Crippen LogP contribution in [0.3, 0.4) is 0 Å². The molecule has 0 bridgehead atoms. The summed E-state index contributed by atoms with van der Waals surface area (Å²) in [5, 5.41) is 0. The zero-order valence-electron chi connectivity index (χ0n) is 9.75. The number of carbonyl (C=O) groups is 1. The van der Waals surface area contributed by atoms with Crippen molar-refractivity contribution in [2.45, 2.75) is 40.0 Å². The largest absolute Gasteiger partial charge is 0.304 e. The van der Waals surface area contributed by atoms with Crippen LogP contribution in [0.5, 0.6) is 0 Å². The number of carbonyl (C=O) groups excluding carboxylic acids is 1. The van der Waals surface area contributed by atoms with Crippen LogP contribution in [0.25, 0.3) is 0 Å². The first-order valence-corrected chi connectivity index (χ1v) is 5.88. The van der Waals surface area contributed by atoms with E-state index in [1.807, 2.05) is 13.8 Å². The second-order valence-corrected chi connectivity index (χ2v) is 4.70. The van der Waals surface area contributed by atoms with E-state index in [2.05, 4.69) is 11.8 Å². The van der Waals surface area contributed by atoms with Crippen molar-refractivity contribution in [3.63, 3.8) is 0 Å². The summed E-state index contributed by atoms with van der Waals surface area (Å²) in [6.45, 7) is 9.75. The number of rotatable bonds is 4. The molecule has 0 atom stereocenters. The highest BCUT2D eigenvalue weighted by Gasteiger charge is 2.21. The maximum atomic E-state index is 11.5. The van der Waals surface area contributed by atoms with Crippen molar-refractivity contribution in [2.75, 3.05) is 19.6 Å². The molecule has 1 aliphatic rings. The highest BCUT2D eigenvalue weighted by Crippen LogP contribution is 2.21. The molecule has 1 fully saturated rings. The van der Waals surface area contributed by atoms with E-state index in [9.17, 15) is 4.79 Å². The van der Waals surface area contributed by atoms with Gasteiger partial charge in [-0.2, -0.15) is 0 Å². The Kier molecular flexibility index (Phi) is 4.59. The lowest BCUT2D eigenvalue weighted by Crippen LogP contribution is -2.34.